The summed E-state index contributed by atoms with van der Waals surface area (Å²) < 4.78 is 6.09. The molecule has 1 saturated heterocycles. The number of nitrogens with one attached hydrogen (secondary N) is 1. The molecule has 2 aliphatic rings. The Hall–Kier alpha value is -3.16. The Morgan fingerprint density at radius 1 is 1.18 bits per heavy atom. The molecule has 0 aliphatic carbocycles. The maximum Gasteiger partial charge on any atom is 0.335 e. The molecule has 0 bridgehead atoms. The summed E-state index contributed by atoms with van der Waals surface area (Å²) in [5.74, 6) is -0.381. The number of carbonyl (C=O) groups is 2. The first-order valence-electron chi connectivity index (χ1n) is 11.6. The van der Waals surface area contributed by atoms with E-state index in [0.717, 1.165) is 30.4 Å². The summed E-state index contributed by atoms with van der Waals surface area (Å²) in [5, 5.41) is 13.7. The van der Waals surface area contributed by atoms with Crippen LogP contribution in [0.5, 0.6) is 5.75 Å². The number of hydrogen-bond acceptors (Lipinski definition) is 5. The number of ether oxygens (including phenoxy) is 1. The van der Waals surface area contributed by atoms with Gasteiger partial charge in [0.25, 0.3) is 0 Å². The second-order valence-corrected chi connectivity index (χ2v) is 9.57. The third-order valence-electron chi connectivity index (χ3n) is 6.49. The lowest BCUT2D eigenvalue weighted by Gasteiger charge is -2.33. The number of benzene rings is 2. The van der Waals surface area contributed by atoms with Gasteiger partial charge in [0.15, 0.2) is 0 Å². The number of carboxylic acid groups (broad SMARTS) is 1. The second kappa shape index (κ2) is 11.3. The zero-order valence-corrected chi connectivity index (χ0v) is 20.1. The van der Waals surface area contributed by atoms with Gasteiger partial charge in [0.05, 0.1) is 12.7 Å². The summed E-state index contributed by atoms with van der Waals surface area (Å²) >= 11 is 1.68. The smallest absolute Gasteiger partial charge is 0.335 e. The number of anilines is 1. The summed E-state index contributed by atoms with van der Waals surface area (Å²) in [4.78, 5) is 24.1. The van der Waals surface area contributed by atoms with Crippen LogP contribution in [0.15, 0.2) is 54.6 Å². The second-order valence-electron chi connectivity index (χ2n) is 8.51. The normalized spacial score (nSPS) is 18.0. The van der Waals surface area contributed by atoms with E-state index in [1.165, 1.54) is 72.7 Å². The molecule has 1 fully saturated rings. The number of nitrogens with zero attached hydrogens (tertiary/aromatic N) is 1. The van der Waals surface area contributed by atoms with Crippen molar-refractivity contribution < 1.29 is 19.4 Å². The van der Waals surface area contributed by atoms with E-state index < -0.39 is 5.97 Å². The third kappa shape index (κ3) is 5.48. The van der Waals surface area contributed by atoms with Crippen molar-refractivity contribution in [1.29, 1.82) is 0 Å². The van der Waals surface area contributed by atoms with E-state index in [1.807, 2.05) is 0 Å². The summed E-state index contributed by atoms with van der Waals surface area (Å²) in [6, 6.07) is 15.5. The standard InChI is InChI=1S/C19H22N2OS.C8H8O3/c22-13-20-19-18(16-6-1-2-7-17(16)23-19)14-8-9-15-5-3-4-11-21(15)12-10-14;1-11-7-4-2-3-6(5-7)8(9)10/h1-2,6-7,10,13,15H,3-5,8-9,11-12H2,(H,20,22);2-5H,1H3,(H,9,10). The van der Waals surface area contributed by atoms with Crippen molar-refractivity contribution in [3.8, 4) is 5.75 Å². The Kier molecular flexibility index (Phi) is 7.98. The van der Waals surface area contributed by atoms with Crippen LogP contribution in [0.4, 0.5) is 5.00 Å². The Morgan fingerprint density at radius 3 is 2.82 bits per heavy atom. The summed E-state index contributed by atoms with van der Waals surface area (Å²) in [6.07, 6.45) is 9.58. The SMILES string of the molecule is COc1cccc(C(=O)O)c1.O=CNc1sc2ccccc2c1C1=CCN2CCCCC2CC1. The van der Waals surface area contributed by atoms with Crippen molar-refractivity contribution in [3.05, 3.63) is 65.7 Å². The van der Waals surface area contributed by atoms with Crippen molar-refractivity contribution in [3.63, 3.8) is 0 Å². The first-order chi connectivity index (χ1) is 16.6. The highest BCUT2D eigenvalue weighted by Crippen LogP contribution is 2.42. The molecule has 34 heavy (non-hydrogen) atoms. The third-order valence-corrected chi connectivity index (χ3v) is 7.59. The van der Waals surface area contributed by atoms with Gasteiger partial charge in [-0.2, -0.15) is 0 Å². The van der Waals surface area contributed by atoms with Crippen LogP contribution in [-0.2, 0) is 4.79 Å². The molecule has 5 rings (SSSR count). The minimum absolute atomic E-state index is 0.240. The number of carboxylic acids is 1. The van der Waals surface area contributed by atoms with Gasteiger partial charge in [-0.15, -0.1) is 11.3 Å². The average Bonchev–Trinajstić information content (AvgIpc) is 3.09. The molecule has 1 atom stereocenters. The van der Waals surface area contributed by atoms with Crippen molar-refractivity contribution >= 4 is 44.4 Å². The van der Waals surface area contributed by atoms with E-state index in [-0.39, 0.29) is 5.56 Å². The van der Waals surface area contributed by atoms with Crippen LogP contribution in [0.25, 0.3) is 15.7 Å². The summed E-state index contributed by atoms with van der Waals surface area (Å²) in [7, 11) is 1.50. The van der Waals surface area contributed by atoms with Crippen LogP contribution in [0.3, 0.4) is 0 Å². The minimum Gasteiger partial charge on any atom is -0.497 e. The summed E-state index contributed by atoms with van der Waals surface area (Å²) in [6.45, 7) is 2.28. The molecule has 2 aliphatic heterocycles. The lowest BCUT2D eigenvalue weighted by Crippen LogP contribution is -2.38. The number of piperidine rings is 1. The van der Waals surface area contributed by atoms with Crippen molar-refractivity contribution in [1.82, 2.24) is 4.90 Å². The minimum atomic E-state index is -0.941. The Bertz CT molecular complexity index is 1190. The molecular formula is C27H30N2O4S. The molecule has 1 amide bonds. The van der Waals surface area contributed by atoms with Crippen LogP contribution < -0.4 is 10.1 Å². The maximum atomic E-state index is 11.0. The van der Waals surface area contributed by atoms with E-state index in [1.54, 1.807) is 23.5 Å². The first kappa shape index (κ1) is 24.0. The highest BCUT2D eigenvalue weighted by molar-refractivity contribution is 7.23. The molecule has 3 heterocycles. The van der Waals surface area contributed by atoms with Gasteiger partial charge in [0.2, 0.25) is 6.41 Å². The van der Waals surface area contributed by atoms with Gasteiger partial charge in [0, 0.05) is 28.2 Å². The van der Waals surface area contributed by atoms with Crippen molar-refractivity contribution in [2.75, 3.05) is 25.5 Å². The number of fused-ring (bicyclic) bond motifs is 2. The first-order valence-corrected chi connectivity index (χ1v) is 12.4. The lowest BCUT2D eigenvalue weighted by atomic mass is 9.95. The van der Waals surface area contributed by atoms with E-state index in [9.17, 15) is 9.59 Å². The number of allylic oxidation sites excluding steroid dienone is 1. The molecule has 178 valence electrons. The highest BCUT2D eigenvalue weighted by Gasteiger charge is 2.25. The molecule has 3 aromatic rings. The Morgan fingerprint density at radius 2 is 2.03 bits per heavy atom. The molecule has 2 aromatic carbocycles. The van der Waals surface area contributed by atoms with Crippen LogP contribution in [0.2, 0.25) is 0 Å². The number of thiophene rings is 1. The largest absolute Gasteiger partial charge is 0.497 e. The fourth-order valence-electron chi connectivity index (χ4n) is 4.78. The Balaban J connectivity index is 0.000000210. The number of rotatable bonds is 5. The Labute approximate surface area is 203 Å². The van der Waals surface area contributed by atoms with E-state index in [0.29, 0.717) is 5.75 Å². The van der Waals surface area contributed by atoms with Gasteiger partial charge in [-0.3, -0.25) is 9.69 Å². The van der Waals surface area contributed by atoms with Gasteiger partial charge in [-0.25, -0.2) is 4.79 Å². The van der Waals surface area contributed by atoms with Gasteiger partial charge in [0.1, 0.15) is 10.8 Å². The summed E-state index contributed by atoms with van der Waals surface area (Å²) in [5.41, 5.74) is 2.89. The molecule has 6 nitrogen and oxygen atoms in total. The topological polar surface area (TPSA) is 78.9 Å². The van der Waals surface area contributed by atoms with Gasteiger partial charge >= 0.3 is 5.97 Å². The van der Waals surface area contributed by atoms with Crippen LogP contribution >= 0.6 is 11.3 Å². The molecule has 1 aromatic heterocycles. The highest BCUT2D eigenvalue weighted by atomic mass is 32.1. The van der Waals surface area contributed by atoms with Gasteiger partial charge in [-0.1, -0.05) is 36.8 Å². The number of amides is 1. The van der Waals surface area contributed by atoms with Crippen molar-refractivity contribution in [2.24, 2.45) is 0 Å². The fourth-order valence-corrected chi connectivity index (χ4v) is 5.88. The zero-order valence-electron chi connectivity index (χ0n) is 19.3. The molecular weight excluding hydrogens is 448 g/mol. The maximum absolute atomic E-state index is 11.0. The molecule has 7 heteroatoms. The van der Waals surface area contributed by atoms with E-state index in [4.69, 9.17) is 9.84 Å². The molecule has 0 saturated carbocycles. The van der Waals surface area contributed by atoms with Gasteiger partial charge in [-0.05, 0) is 62.1 Å². The average molecular weight is 479 g/mol. The van der Waals surface area contributed by atoms with Crippen LogP contribution in [-0.4, -0.2) is 48.6 Å². The number of methoxy groups -OCH3 is 1. The van der Waals surface area contributed by atoms with E-state index in [2.05, 4.69) is 40.6 Å². The predicted octanol–water partition coefficient (Wildman–Crippen LogP) is 5.89. The monoisotopic (exact) mass is 478 g/mol. The van der Waals surface area contributed by atoms with Gasteiger partial charge < -0.3 is 15.2 Å². The number of carbonyl (C=O) groups excluding carboxylic acids is 1. The van der Waals surface area contributed by atoms with Crippen molar-refractivity contribution in [2.45, 2.75) is 38.1 Å². The molecule has 0 radical (unpaired) electrons. The zero-order chi connectivity index (χ0) is 23.9. The predicted molar refractivity (Wildman–Crippen MR) is 138 cm³/mol. The fraction of sp³-hybridized carbons (Fsp3) is 0.333. The quantitative estimate of drug-likeness (QED) is 0.447. The van der Waals surface area contributed by atoms with Crippen LogP contribution in [0.1, 0.15) is 48.0 Å². The molecule has 2 N–H and O–H groups in total. The number of hydrogen-bond donors (Lipinski definition) is 2. The lowest BCUT2D eigenvalue weighted by molar-refractivity contribution is -0.105. The number of aromatic carboxylic acids is 1. The van der Waals surface area contributed by atoms with Crippen LogP contribution in [0, 0.1) is 0 Å². The molecule has 1 unspecified atom stereocenters. The van der Waals surface area contributed by atoms with E-state index >= 15 is 0 Å². The molecule has 0 spiro atoms.